The molecule has 2 N–H and O–H groups in total. The van der Waals surface area contributed by atoms with Crippen LogP contribution in [0.4, 0.5) is 4.79 Å². The van der Waals surface area contributed by atoms with Crippen molar-refractivity contribution < 1.29 is 19.7 Å². The van der Waals surface area contributed by atoms with E-state index in [1.165, 1.54) is 4.90 Å². The van der Waals surface area contributed by atoms with Gasteiger partial charge in [-0.15, -0.1) is 0 Å². The molecule has 1 fully saturated rings. The van der Waals surface area contributed by atoms with E-state index < -0.39 is 11.7 Å². The van der Waals surface area contributed by atoms with Crippen molar-refractivity contribution in [2.45, 2.75) is 25.4 Å². The van der Waals surface area contributed by atoms with Crippen LogP contribution in [0, 0.1) is 0 Å². The monoisotopic (exact) mass is 341 g/mol. The average molecular weight is 341 g/mol. The van der Waals surface area contributed by atoms with Gasteiger partial charge in [-0.25, -0.2) is 4.79 Å². The van der Waals surface area contributed by atoms with Crippen LogP contribution in [-0.2, 0) is 5.60 Å². The smallest absolute Gasteiger partial charge is 0.407 e. The van der Waals surface area contributed by atoms with Crippen LogP contribution in [0.1, 0.15) is 25.3 Å². The summed E-state index contributed by atoms with van der Waals surface area (Å²) in [6, 6.07) is 15.8. The van der Waals surface area contributed by atoms with Crippen molar-refractivity contribution in [2.75, 3.05) is 19.7 Å². The van der Waals surface area contributed by atoms with E-state index in [9.17, 15) is 9.90 Å². The summed E-state index contributed by atoms with van der Waals surface area (Å²) < 4.78 is 5.46. The lowest BCUT2D eigenvalue weighted by Gasteiger charge is -2.37. The van der Waals surface area contributed by atoms with Gasteiger partial charge >= 0.3 is 6.09 Å². The van der Waals surface area contributed by atoms with E-state index in [4.69, 9.17) is 9.84 Å². The molecule has 0 aromatic heterocycles. The van der Waals surface area contributed by atoms with E-state index in [1.54, 1.807) is 0 Å². The zero-order valence-electron chi connectivity index (χ0n) is 14.3. The van der Waals surface area contributed by atoms with E-state index >= 15 is 0 Å². The van der Waals surface area contributed by atoms with Gasteiger partial charge in [-0.05, 0) is 48.6 Å². The van der Waals surface area contributed by atoms with Gasteiger partial charge in [-0.1, -0.05) is 36.4 Å². The van der Waals surface area contributed by atoms with Gasteiger partial charge in [0.05, 0.1) is 12.2 Å². The topological polar surface area (TPSA) is 70.0 Å². The van der Waals surface area contributed by atoms with E-state index in [0.29, 0.717) is 32.5 Å². The second kappa shape index (κ2) is 7.15. The van der Waals surface area contributed by atoms with Crippen molar-refractivity contribution in [3.63, 3.8) is 0 Å². The van der Waals surface area contributed by atoms with Crippen molar-refractivity contribution >= 4 is 6.09 Å². The molecular weight excluding hydrogens is 318 g/mol. The van der Waals surface area contributed by atoms with Gasteiger partial charge in [0.1, 0.15) is 5.75 Å². The summed E-state index contributed by atoms with van der Waals surface area (Å²) in [4.78, 5) is 12.4. The molecule has 3 rings (SSSR count). The van der Waals surface area contributed by atoms with Crippen LogP contribution in [0.5, 0.6) is 5.75 Å². The van der Waals surface area contributed by atoms with Gasteiger partial charge in [-0.2, -0.15) is 0 Å². The number of benzene rings is 2. The third kappa shape index (κ3) is 3.77. The van der Waals surface area contributed by atoms with E-state index in [-0.39, 0.29) is 0 Å². The summed E-state index contributed by atoms with van der Waals surface area (Å²) >= 11 is 0. The fraction of sp³-hybridized carbons (Fsp3) is 0.350. The molecule has 2 aromatic rings. The van der Waals surface area contributed by atoms with Gasteiger partial charge in [0.2, 0.25) is 0 Å². The summed E-state index contributed by atoms with van der Waals surface area (Å²) in [6.45, 7) is 3.31. The third-order valence-corrected chi connectivity index (χ3v) is 4.78. The summed E-state index contributed by atoms with van der Waals surface area (Å²) in [5.41, 5.74) is 2.04. The molecule has 0 radical (unpaired) electrons. The molecule has 0 unspecified atom stereocenters. The molecule has 0 atom stereocenters. The van der Waals surface area contributed by atoms with Gasteiger partial charge in [0.25, 0.3) is 0 Å². The maximum Gasteiger partial charge on any atom is 0.407 e. The lowest BCUT2D eigenvalue weighted by atomic mass is 9.84. The van der Waals surface area contributed by atoms with Crippen molar-refractivity contribution in [1.82, 2.24) is 4.90 Å². The fourth-order valence-corrected chi connectivity index (χ4v) is 3.24. The number of nitrogens with zero attached hydrogens (tertiary/aromatic N) is 1. The minimum atomic E-state index is -0.955. The molecule has 25 heavy (non-hydrogen) atoms. The lowest BCUT2D eigenvalue weighted by molar-refractivity contribution is -0.0213. The van der Waals surface area contributed by atoms with Crippen LogP contribution in [-0.4, -0.2) is 40.9 Å². The first kappa shape index (κ1) is 17.3. The van der Waals surface area contributed by atoms with Crippen LogP contribution in [0.15, 0.2) is 48.5 Å². The van der Waals surface area contributed by atoms with Crippen LogP contribution in [0.25, 0.3) is 11.1 Å². The third-order valence-electron chi connectivity index (χ3n) is 4.78. The number of piperidine rings is 1. The quantitative estimate of drug-likeness (QED) is 0.889. The van der Waals surface area contributed by atoms with Crippen LogP contribution < -0.4 is 4.74 Å². The highest BCUT2D eigenvalue weighted by atomic mass is 16.5. The Morgan fingerprint density at radius 3 is 2.04 bits per heavy atom. The molecule has 1 saturated heterocycles. The second-order valence-electron chi connectivity index (χ2n) is 6.34. The molecule has 5 heteroatoms. The van der Waals surface area contributed by atoms with Gasteiger partial charge in [0, 0.05) is 13.1 Å². The number of ether oxygens (including phenoxy) is 1. The number of carbonyl (C=O) groups is 1. The predicted octanol–water partition coefficient (Wildman–Crippen LogP) is 3.71. The number of hydrogen-bond acceptors (Lipinski definition) is 3. The maximum absolute atomic E-state index is 11.0. The summed E-state index contributed by atoms with van der Waals surface area (Å²) in [5.74, 6) is 0.849. The zero-order chi connectivity index (χ0) is 17.9. The first-order chi connectivity index (χ1) is 12.0. The number of rotatable bonds is 4. The molecule has 0 aliphatic carbocycles. The molecular formula is C20H23NO4. The molecule has 1 heterocycles. The minimum absolute atomic E-state index is 0.354. The van der Waals surface area contributed by atoms with E-state index in [2.05, 4.69) is 0 Å². The van der Waals surface area contributed by atoms with Crippen molar-refractivity contribution in [1.29, 1.82) is 0 Å². The second-order valence-corrected chi connectivity index (χ2v) is 6.34. The Kier molecular flexibility index (Phi) is 4.95. The molecule has 0 spiro atoms. The largest absolute Gasteiger partial charge is 0.494 e. The van der Waals surface area contributed by atoms with Crippen molar-refractivity contribution in [2.24, 2.45) is 0 Å². The molecule has 1 amide bonds. The number of carboxylic acid groups (broad SMARTS) is 1. The molecule has 132 valence electrons. The molecule has 2 aromatic carbocycles. The fourth-order valence-electron chi connectivity index (χ4n) is 3.24. The Morgan fingerprint density at radius 2 is 1.56 bits per heavy atom. The Morgan fingerprint density at radius 1 is 1.04 bits per heavy atom. The molecule has 1 aliphatic rings. The highest BCUT2D eigenvalue weighted by Crippen LogP contribution is 2.34. The van der Waals surface area contributed by atoms with Crippen LogP contribution in [0.2, 0.25) is 0 Å². The number of likely N-dealkylation sites (tertiary alicyclic amines) is 1. The SMILES string of the molecule is CCOc1ccc(-c2ccc(C3(O)CCN(C(=O)O)CC3)cc2)cc1. The number of amides is 1. The zero-order valence-corrected chi connectivity index (χ0v) is 14.3. The highest BCUT2D eigenvalue weighted by Gasteiger charge is 2.35. The molecule has 1 aliphatic heterocycles. The van der Waals surface area contributed by atoms with Crippen molar-refractivity contribution in [3.05, 3.63) is 54.1 Å². The van der Waals surface area contributed by atoms with E-state index in [1.807, 2.05) is 55.5 Å². The molecule has 0 saturated carbocycles. The van der Waals surface area contributed by atoms with E-state index in [0.717, 1.165) is 22.4 Å². The highest BCUT2D eigenvalue weighted by molar-refractivity contribution is 5.65. The maximum atomic E-state index is 11.0. The summed E-state index contributed by atoms with van der Waals surface area (Å²) in [5, 5.41) is 19.9. The van der Waals surface area contributed by atoms with Crippen molar-refractivity contribution in [3.8, 4) is 16.9 Å². The Balaban J connectivity index is 1.72. The summed E-state index contributed by atoms with van der Waals surface area (Å²) in [6.07, 6.45) is -0.0865. The average Bonchev–Trinajstić information content (AvgIpc) is 2.63. The Hall–Kier alpha value is -2.53. The molecule has 0 bridgehead atoms. The van der Waals surface area contributed by atoms with Gasteiger partial charge in [-0.3, -0.25) is 0 Å². The Labute approximate surface area is 147 Å². The minimum Gasteiger partial charge on any atom is -0.494 e. The van der Waals surface area contributed by atoms with Gasteiger partial charge in [0.15, 0.2) is 0 Å². The van der Waals surface area contributed by atoms with Gasteiger partial charge < -0.3 is 19.8 Å². The molecule has 5 nitrogen and oxygen atoms in total. The lowest BCUT2D eigenvalue weighted by Crippen LogP contribution is -2.44. The standard InChI is InChI=1S/C20H23NO4/c1-2-25-18-9-5-16(6-10-18)15-3-7-17(8-4-15)20(24)11-13-21(14-12-20)19(22)23/h3-10,24H,2,11-14H2,1H3,(H,22,23). The summed E-state index contributed by atoms with van der Waals surface area (Å²) in [7, 11) is 0. The van der Waals surface area contributed by atoms with Crippen LogP contribution in [0.3, 0.4) is 0 Å². The number of hydrogen-bond donors (Lipinski definition) is 2. The van der Waals surface area contributed by atoms with Crippen LogP contribution >= 0.6 is 0 Å². The normalized spacial score (nSPS) is 16.5. The number of aliphatic hydroxyl groups is 1. The Bertz CT molecular complexity index is 716. The predicted molar refractivity (Wildman–Crippen MR) is 95.8 cm³/mol. The first-order valence-electron chi connectivity index (χ1n) is 8.56. The first-order valence-corrected chi connectivity index (χ1v) is 8.56.